The Morgan fingerprint density at radius 2 is 1.65 bits per heavy atom. The third kappa shape index (κ3) is 4.99. The zero-order chi connectivity index (χ0) is 16.8. The van der Waals surface area contributed by atoms with E-state index in [1.54, 1.807) is 12.1 Å². The number of carbonyl (C=O) groups is 3. The molecular weight excluding hydrogens is 300 g/mol. The molecule has 0 fully saturated rings. The Morgan fingerprint density at radius 1 is 1.04 bits per heavy atom. The lowest BCUT2D eigenvalue weighted by molar-refractivity contribution is -0.115. The first kappa shape index (κ1) is 16.3. The molecule has 0 spiro atoms. The average Bonchev–Trinajstić information content (AvgIpc) is 2.96. The summed E-state index contributed by atoms with van der Waals surface area (Å²) in [6.45, 7) is 2.76. The molecule has 0 aliphatic rings. The number of amides is 2. The summed E-state index contributed by atoms with van der Waals surface area (Å²) in [6, 6.07) is 6.19. The molecule has 1 aromatic heterocycles. The summed E-state index contributed by atoms with van der Waals surface area (Å²) in [4.78, 5) is 34.5. The van der Waals surface area contributed by atoms with Crippen molar-refractivity contribution in [1.29, 1.82) is 0 Å². The first-order valence-electron chi connectivity index (χ1n) is 6.82. The maximum absolute atomic E-state index is 12.1. The molecule has 7 nitrogen and oxygen atoms in total. The quantitative estimate of drug-likeness (QED) is 0.826. The Bertz CT molecular complexity index is 688. The summed E-state index contributed by atoms with van der Waals surface area (Å²) >= 11 is 0. The van der Waals surface area contributed by atoms with Crippen LogP contribution < -0.4 is 10.6 Å². The fourth-order valence-corrected chi connectivity index (χ4v) is 1.90. The number of furan rings is 1. The number of benzene rings is 1. The molecule has 2 aromatic rings. The Labute approximate surface area is 132 Å². The summed E-state index contributed by atoms with van der Waals surface area (Å²) < 4.78 is 10.1. The molecule has 1 aromatic carbocycles. The summed E-state index contributed by atoms with van der Waals surface area (Å²) in [5.74, 6) is -1.16. The summed E-state index contributed by atoms with van der Waals surface area (Å²) in [6.07, 6.45) is 2.96. The highest BCUT2D eigenvalue weighted by Crippen LogP contribution is 2.20. The van der Waals surface area contributed by atoms with Gasteiger partial charge in [0.05, 0.1) is 18.1 Å². The number of hydrogen-bond acceptors (Lipinski definition) is 5. The standard InChI is InChI=1S/C16H16N2O5/c1-10(19)17-14-5-13(6-15(7-14)18-11(2)20)16(21)23-9-12-3-4-22-8-12/h3-8H,9H2,1-2H3,(H,17,19)(H,18,20). The van der Waals surface area contributed by atoms with Crippen LogP contribution in [0.25, 0.3) is 0 Å². The van der Waals surface area contributed by atoms with Crippen molar-refractivity contribution in [3.05, 3.63) is 47.9 Å². The van der Waals surface area contributed by atoms with Crippen molar-refractivity contribution in [2.24, 2.45) is 0 Å². The third-order valence-electron chi connectivity index (χ3n) is 2.76. The first-order valence-corrected chi connectivity index (χ1v) is 6.82. The van der Waals surface area contributed by atoms with Gasteiger partial charge in [0.2, 0.25) is 11.8 Å². The largest absolute Gasteiger partial charge is 0.472 e. The van der Waals surface area contributed by atoms with E-state index in [1.807, 2.05) is 0 Å². The molecule has 2 rings (SSSR count). The SMILES string of the molecule is CC(=O)Nc1cc(NC(C)=O)cc(C(=O)OCc2ccoc2)c1. The van der Waals surface area contributed by atoms with Crippen molar-refractivity contribution < 1.29 is 23.5 Å². The minimum Gasteiger partial charge on any atom is -0.472 e. The summed E-state index contributed by atoms with van der Waals surface area (Å²) in [5.41, 5.74) is 1.71. The van der Waals surface area contributed by atoms with Crippen LogP contribution in [0.15, 0.2) is 41.2 Å². The minimum atomic E-state index is -0.579. The van der Waals surface area contributed by atoms with Gasteiger partial charge in [0, 0.05) is 30.8 Å². The van der Waals surface area contributed by atoms with E-state index in [-0.39, 0.29) is 24.0 Å². The van der Waals surface area contributed by atoms with Crippen LogP contribution >= 0.6 is 0 Å². The summed E-state index contributed by atoms with van der Waals surface area (Å²) in [7, 11) is 0. The highest BCUT2D eigenvalue weighted by atomic mass is 16.5. The lowest BCUT2D eigenvalue weighted by Gasteiger charge is -2.10. The molecule has 0 atom stereocenters. The number of anilines is 2. The number of rotatable bonds is 5. The molecule has 2 amide bonds. The first-order chi connectivity index (χ1) is 10.9. The van der Waals surface area contributed by atoms with E-state index in [4.69, 9.17) is 9.15 Å². The molecule has 7 heteroatoms. The normalized spacial score (nSPS) is 10.0. The molecule has 0 radical (unpaired) electrons. The molecule has 23 heavy (non-hydrogen) atoms. The monoisotopic (exact) mass is 316 g/mol. The second kappa shape index (κ2) is 7.26. The molecule has 2 N–H and O–H groups in total. The number of hydrogen-bond donors (Lipinski definition) is 2. The maximum Gasteiger partial charge on any atom is 0.338 e. The van der Waals surface area contributed by atoms with E-state index in [0.717, 1.165) is 5.56 Å². The van der Waals surface area contributed by atoms with Crippen LogP contribution in [0.2, 0.25) is 0 Å². The number of esters is 1. The summed E-state index contributed by atoms with van der Waals surface area (Å²) in [5, 5.41) is 5.14. The lowest BCUT2D eigenvalue weighted by atomic mass is 10.1. The molecule has 0 aliphatic heterocycles. The maximum atomic E-state index is 12.1. The zero-order valence-corrected chi connectivity index (χ0v) is 12.7. The molecule has 0 unspecified atom stereocenters. The van der Waals surface area contributed by atoms with Crippen molar-refractivity contribution in [2.45, 2.75) is 20.5 Å². The zero-order valence-electron chi connectivity index (χ0n) is 12.7. The van der Waals surface area contributed by atoms with Crippen LogP contribution in [-0.4, -0.2) is 17.8 Å². The molecule has 0 bridgehead atoms. The Morgan fingerprint density at radius 3 is 2.13 bits per heavy atom. The molecule has 0 saturated heterocycles. The molecule has 0 saturated carbocycles. The molecule has 120 valence electrons. The lowest BCUT2D eigenvalue weighted by Crippen LogP contribution is -2.12. The van der Waals surface area contributed by atoms with Gasteiger partial charge in [0.25, 0.3) is 0 Å². The molecule has 1 heterocycles. The Hall–Kier alpha value is -3.09. The number of ether oxygens (including phenoxy) is 1. The predicted octanol–water partition coefficient (Wildman–Crippen LogP) is 2.55. The van der Waals surface area contributed by atoms with Gasteiger partial charge in [-0.15, -0.1) is 0 Å². The number of carbonyl (C=O) groups excluding carboxylic acids is 3. The van der Waals surface area contributed by atoms with Gasteiger partial charge >= 0.3 is 5.97 Å². The second-order valence-corrected chi connectivity index (χ2v) is 4.87. The predicted molar refractivity (Wildman–Crippen MR) is 82.9 cm³/mol. The van der Waals surface area contributed by atoms with Crippen molar-refractivity contribution in [3.63, 3.8) is 0 Å². The van der Waals surface area contributed by atoms with Gasteiger partial charge in [-0.05, 0) is 24.3 Å². The van der Waals surface area contributed by atoms with E-state index in [1.165, 1.54) is 38.5 Å². The van der Waals surface area contributed by atoms with E-state index >= 15 is 0 Å². The van der Waals surface area contributed by atoms with E-state index in [2.05, 4.69) is 10.6 Å². The van der Waals surface area contributed by atoms with E-state index in [0.29, 0.717) is 11.4 Å². The fraction of sp³-hybridized carbons (Fsp3) is 0.188. The van der Waals surface area contributed by atoms with E-state index < -0.39 is 5.97 Å². The van der Waals surface area contributed by atoms with Crippen LogP contribution in [-0.2, 0) is 20.9 Å². The third-order valence-corrected chi connectivity index (χ3v) is 2.76. The van der Waals surface area contributed by atoms with Crippen LogP contribution in [0.1, 0.15) is 29.8 Å². The van der Waals surface area contributed by atoms with Gasteiger partial charge in [-0.1, -0.05) is 0 Å². The Balaban J connectivity index is 2.18. The van der Waals surface area contributed by atoms with Crippen LogP contribution in [0.3, 0.4) is 0 Å². The smallest absolute Gasteiger partial charge is 0.338 e. The highest BCUT2D eigenvalue weighted by Gasteiger charge is 2.12. The van der Waals surface area contributed by atoms with Crippen LogP contribution in [0, 0.1) is 0 Å². The molecule has 0 aliphatic carbocycles. The highest BCUT2D eigenvalue weighted by molar-refractivity contribution is 5.97. The van der Waals surface area contributed by atoms with Crippen molar-refractivity contribution in [1.82, 2.24) is 0 Å². The fourth-order valence-electron chi connectivity index (χ4n) is 1.90. The van der Waals surface area contributed by atoms with Crippen molar-refractivity contribution in [3.8, 4) is 0 Å². The van der Waals surface area contributed by atoms with Gasteiger partial charge < -0.3 is 19.8 Å². The van der Waals surface area contributed by atoms with Gasteiger partial charge in [-0.2, -0.15) is 0 Å². The van der Waals surface area contributed by atoms with Crippen LogP contribution in [0.4, 0.5) is 11.4 Å². The van der Waals surface area contributed by atoms with Gasteiger partial charge in [-0.25, -0.2) is 4.79 Å². The topological polar surface area (TPSA) is 97.6 Å². The molecular formula is C16H16N2O5. The van der Waals surface area contributed by atoms with Gasteiger partial charge in [0.1, 0.15) is 6.61 Å². The second-order valence-electron chi connectivity index (χ2n) is 4.87. The van der Waals surface area contributed by atoms with Crippen LogP contribution in [0.5, 0.6) is 0 Å². The average molecular weight is 316 g/mol. The van der Waals surface area contributed by atoms with Crippen molar-refractivity contribution in [2.75, 3.05) is 10.6 Å². The van der Waals surface area contributed by atoms with E-state index in [9.17, 15) is 14.4 Å². The number of nitrogens with one attached hydrogen (secondary N) is 2. The Kier molecular flexibility index (Phi) is 5.14. The van der Waals surface area contributed by atoms with Crippen molar-refractivity contribution >= 4 is 29.2 Å². The minimum absolute atomic E-state index is 0.0647. The van der Waals surface area contributed by atoms with Gasteiger partial charge in [0.15, 0.2) is 0 Å². The van der Waals surface area contributed by atoms with Gasteiger partial charge in [-0.3, -0.25) is 9.59 Å².